The summed E-state index contributed by atoms with van der Waals surface area (Å²) >= 11 is 3.46. The number of sulfone groups is 1. The first kappa shape index (κ1) is 28.6. The van der Waals surface area contributed by atoms with Gasteiger partial charge in [-0.25, -0.2) is 18.0 Å². The van der Waals surface area contributed by atoms with Crippen LogP contribution in [0.15, 0.2) is 82.2 Å². The highest BCUT2D eigenvalue weighted by atomic mass is 79.9. The van der Waals surface area contributed by atoms with Crippen LogP contribution in [0, 0.1) is 0 Å². The molecule has 8 nitrogen and oxygen atoms in total. The van der Waals surface area contributed by atoms with Gasteiger partial charge in [0.15, 0.2) is 9.84 Å². The fraction of sp³-hybridized carbons (Fsp3) is 0.310. The van der Waals surface area contributed by atoms with E-state index in [2.05, 4.69) is 21.2 Å². The summed E-state index contributed by atoms with van der Waals surface area (Å²) in [5, 5.41) is 2.44. The van der Waals surface area contributed by atoms with E-state index in [1.807, 2.05) is 54.6 Å². The van der Waals surface area contributed by atoms with E-state index in [4.69, 9.17) is 4.74 Å². The van der Waals surface area contributed by atoms with Crippen LogP contribution < -0.4 is 5.32 Å². The average Bonchev–Trinajstić information content (AvgIpc) is 3.77. The van der Waals surface area contributed by atoms with Crippen molar-refractivity contribution in [3.8, 4) is 0 Å². The highest BCUT2D eigenvalue weighted by molar-refractivity contribution is 9.10. The highest BCUT2D eigenvalue weighted by Crippen LogP contribution is 2.36. The molecule has 1 aliphatic rings. The molecule has 0 aromatic heterocycles. The van der Waals surface area contributed by atoms with Gasteiger partial charge in [-0.2, -0.15) is 0 Å². The van der Waals surface area contributed by atoms with Crippen LogP contribution >= 0.6 is 15.9 Å². The number of benzene rings is 3. The molecule has 0 spiro atoms. The number of halogens is 1. The lowest BCUT2D eigenvalue weighted by atomic mass is 10.1. The van der Waals surface area contributed by atoms with E-state index in [0.29, 0.717) is 37.1 Å². The molecular formula is C29H32BrN3O5S. The lowest BCUT2D eigenvalue weighted by Gasteiger charge is -2.21. The topological polar surface area (TPSA) is 96.0 Å². The second-order valence-corrected chi connectivity index (χ2v) is 12.8. The molecule has 4 rings (SSSR count). The number of anilines is 1. The lowest BCUT2D eigenvalue weighted by molar-refractivity contribution is 0.102. The van der Waals surface area contributed by atoms with Crippen molar-refractivity contribution in [2.24, 2.45) is 0 Å². The Morgan fingerprint density at radius 2 is 1.67 bits per heavy atom. The second-order valence-electron chi connectivity index (χ2n) is 9.69. The normalized spacial score (nSPS) is 13.0. The van der Waals surface area contributed by atoms with Gasteiger partial charge in [0.25, 0.3) is 0 Å². The first-order valence-electron chi connectivity index (χ1n) is 12.7. The number of urea groups is 1. The van der Waals surface area contributed by atoms with Crippen molar-refractivity contribution in [3.05, 3.63) is 94.0 Å². The quantitative estimate of drug-likeness (QED) is 0.309. The SMILES string of the molecule is CN(CCc1cccc(Br)c1)C(=O)Nc1ccc(S(=O)(=O)C2CC2)c(CN(C)C(=O)OCc2ccccc2)c1. The Bertz CT molecular complexity index is 1430. The molecule has 3 aromatic rings. The van der Waals surface area contributed by atoms with Crippen molar-refractivity contribution in [3.63, 3.8) is 0 Å². The molecule has 0 saturated heterocycles. The fourth-order valence-electron chi connectivity index (χ4n) is 4.08. The van der Waals surface area contributed by atoms with E-state index in [1.54, 1.807) is 31.1 Å². The maximum absolute atomic E-state index is 13.1. The Morgan fingerprint density at radius 1 is 0.949 bits per heavy atom. The minimum atomic E-state index is -3.53. The van der Waals surface area contributed by atoms with Crippen molar-refractivity contribution >= 4 is 43.6 Å². The number of hydrogen-bond acceptors (Lipinski definition) is 5. The summed E-state index contributed by atoms with van der Waals surface area (Å²) < 4.78 is 32.6. The minimum Gasteiger partial charge on any atom is -0.445 e. The zero-order valence-corrected chi connectivity index (χ0v) is 24.4. The van der Waals surface area contributed by atoms with Crippen molar-refractivity contribution in [2.45, 2.75) is 42.6 Å². The zero-order valence-electron chi connectivity index (χ0n) is 22.0. The fourth-order valence-corrected chi connectivity index (χ4v) is 6.38. The van der Waals surface area contributed by atoms with E-state index >= 15 is 0 Å². The number of nitrogens with zero attached hydrogens (tertiary/aromatic N) is 2. The van der Waals surface area contributed by atoms with Gasteiger partial charge in [0.05, 0.1) is 16.7 Å². The van der Waals surface area contributed by atoms with Gasteiger partial charge in [0.1, 0.15) is 6.61 Å². The molecule has 0 radical (unpaired) electrons. The summed E-state index contributed by atoms with van der Waals surface area (Å²) in [7, 11) is -0.271. The molecule has 10 heteroatoms. The zero-order chi connectivity index (χ0) is 28.0. The van der Waals surface area contributed by atoms with Crippen LogP contribution in [-0.2, 0) is 34.1 Å². The monoisotopic (exact) mass is 613 g/mol. The number of likely N-dealkylation sites (N-methyl/N-ethyl adjacent to an activating group) is 1. The summed E-state index contributed by atoms with van der Waals surface area (Å²) in [6.07, 6.45) is 1.36. The number of ether oxygens (including phenoxy) is 1. The minimum absolute atomic E-state index is 0.0113. The molecule has 0 heterocycles. The van der Waals surface area contributed by atoms with E-state index < -0.39 is 21.2 Å². The van der Waals surface area contributed by atoms with Gasteiger partial charge in [-0.1, -0.05) is 58.4 Å². The summed E-state index contributed by atoms with van der Waals surface area (Å²) in [6, 6.07) is 21.6. The summed E-state index contributed by atoms with van der Waals surface area (Å²) in [5.41, 5.74) is 2.83. The smallest absolute Gasteiger partial charge is 0.410 e. The number of hydrogen-bond donors (Lipinski definition) is 1. The maximum Gasteiger partial charge on any atom is 0.410 e. The standard InChI is InChI=1S/C29H32BrN3O5S/c1-32(16-15-21-9-6-10-24(30)17-21)28(34)31-25-11-14-27(39(36,37)26-12-13-26)23(18-25)19-33(2)29(35)38-20-22-7-4-3-5-8-22/h3-11,14,17-18,26H,12-13,15-16,19-20H2,1-2H3,(H,31,34). The molecule has 0 unspecified atom stereocenters. The van der Waals surface area contributed by atoms with Crippen LogP contribution in [0.25, 0.3) is 0 Å². The van der Waals surface area contributed by atoms with Gasteiger partial charge in [0.2, 0.25) is 0 Å². The van der Waals surface area contributed by atoms with Crippen molar-refractivity contribution in [1.29, 1.82) is 0 Å². The first-order chi connectivity index (χ1) is 18.6. The lowest BCUT2D eigenvalue weighted by Crippen LogP contribution is -2.33. The van der Waals surface area contributed by atoms with Crippen molar-refractivity contribution < 1.29 is 22.7 Å². The van der Waals surface area contributed by atoms with Gasteiger partial charge in [0, 0.05) is 30.8 Å². The van der Waals surface area contributed by atoms with Crippen LogP contribution in [0.3, 0.4) is 0 Å². The third-order valence-electron chi connectivity index (χ3n) is 6.48. The number of carbonyl (C=O) groups excluding carboxylic acids is 2. The van der Waals surface area contributed by atoms with E-state index in [0.717, 1.165) is 15.6 Å². The maximum atomic E-state index is 13.1. The van der Waals surface area contributed by atoms with E-state index in [-0.39, 0.29) is 24.1 Å². The molecule has 206 valence electrons. The largest absolute Gasteiger partial charge is 0.445 e. The summed E-state index contributed by atoms with van der Waals surface area (Å²) in [6.45, 7) is 0.621. The predicted octanol–water partition coefficient (Wildman–Crippen LogP) is 5.86. The molecule has 0 aliphatic heterocycles. The number of rotatable bonds is 10. The Balaban J connectivity index is 1.45. The van der Waals surface area contributed by atoms with Gasteiger partial charge in [-0.05, 0) is 66.3 Å². The van der Waals surface area contributed by atoms with Crippen molar-refractivity contribution in [1.82, 2.24) is 9.80 Å². The summed E-state index contributed by atoms with van der Waals surface area (Å²) in [5.74, 6) is 0. The summed E-state index contributed by atoms with van der Waals surface area (Å²) in [4.78, 5) is 28.6. The number of carbonyl (C=O) groups is 2. The van der Waals surface area contributed by atoms with Crippen LogP contribution in [0.2, 0.25) is 0 Å². The molecule has 0 bridgehead atoms. The number of amides is 3. The van der Waals surface area contributed by atoms with Gasteiger partial charge < -0.3 is 19.9 Å². The van der Waals surface area contributed by atoms with E-state index in [1.165, 1.54) is 11.0 Å². The predicted molar refractivity (Wildman–Crippen MR) is 154 cm³/mol. The van der Waals surface area contributed by atoms with Gasteiger partial charge in [-0.15, -0.1) is 0 Å². The van der Waals surface area contributed by atoms with Gasteiger partial charge in [-0.3, -0.25) is 0 Å². The van der Waals surface area contributed by atoms with E-state index in [9.17, 15) is 18.0 Å². The van der Waals surface area contributed by atoms with Crippen LogP contribution in [0.4, 0.5) is 15.3 Å². The van der Waals surface area contributed by atoms with Crippen LogP contribution in [0.1, 0.15) is 29.5 Å². The molecule has 0 atom stereocenters. The Hall–Kier alpha value is -3.37. The molecule has 39 heavy (non-hydrogen) atoms. The highest BCUT2D eigenvalue weighted by Gasteiger charge is 2.38. The third-order valence-corrected chi connectivity index (χ3v) is 9.33. The molecule has 1 N–H and O–H groups in total. The molecular weight excluding hydrogens is 582 g/mol. The Kier molecular flexibility index (Phi) is 9.29. The van der Waals surface area contributed by atoms with Crippen LogP contribution in [-0.4, -0.2) is 56.2 Å². The molecule has 1 aliphatic carbocycles. The van der Waals surface area contributed by atoms with Gasteiger partial charge >= 0.3 is 12.1 Å². The Morgan fingerprint density at radius 3 is 2.36 bits per heavy atom. The third kappa shape index (κ3) is 7.83. The van der Waals surface area contributed by atoms with Crippen LogP contribution in [0.5, 0.6) is 0 Å². The Labute approximate surface area is 238 Å². The molecule has 3 amide bonds. The number of nitrogens with one attached hydrogen (secondary N) is 1. The van der Waals surface area contributed by atoms with Crippen molar-refractivity contribution in [2.75, 3.05) is 26.0 Å². The molecule has 1 fully saturated rings. The molecule has 3 aromatic carbocycles. The average molecular weight is 615 g/mol. The first-order valence-corrected chi connectivity index (χ1v) is 15.0. The molecule has 1 saturated carbocycles. The second kappa shape index (κ2) is 12.7.